The summed E-state index contributed by atoms with van der Waals surface area (Å²) < 4.78 is 0. The lowest BCUT2D eigenvalue weighted by Gasteiger charge is -2.39. The van der Waals surface area contributed by atoms with Crippen LogP contribution in [0.3, 0.4) is 0 Å². The number of amides is 2. The number of aromatic nitrogens is 1. The summed E-state index contributed by atoms with van der Waals surface area (Å²) in [7, 11) is 0. The van der Waals surface area contributed by atoms with Gasteiger partial charge in [-0.2, -0.15) is 0 Å². The largest absolute Gasteiger partial charge is 0.342 e. The molecule has 0 saturated carbocycles. The lowest BCUT2D eigenvalue weighted by atomic mass is 9.96. The van der Waals surface area contributed by atoms with Gasteiger partial charge in [-0.1, -0.05) is 31.2 Å². The minimum atomic E-state index is -0.0342. The van der Waals surface area contributed by atoms with E-state index >= 15 is 0 Å². The van der Waals surface area contributed by atoms with E-state index in [0.29, 0.717) is 13.0 Å². The molecule has 2 amide bonds. The van der Waals surface area contributed by atoms with E-state index in [0.717, 1.165) is 57.6 Å². The Kier molecular flexibility index (Phi) is 6.09. The van der Waals surface area contributed by atoms with Crippen molar-refractivity contribution in [1.82, 2.24) is 19.7 Å². The van der Waals surface area contributed by atoms with Crippen molar-refractivity contribution < 1.29 is 9.59 Å². The van der Waals surface area contributed by atoms with E-state index < -0.39 is 0 Å². The SMILES string of the molecule is CCC(=O)N1CCCC(C(=O)N2CCN(Cc3cccc4cccnc34)CC2)C1. The number of piperazine rings is 1. The van der Waals surface area contributed by atoms with Crippen LogP contribution in [0, 0.1) is 5.92 Å². The number of fused-ring (bicyclic) bond motifs is 1. The lowest BCUT2D eigenvalue weighted by Crippen LogP contribution is -2.52. The number of para-hydroxylation sites is 1. The van der Waals surface area contributed by atoms with E-state index in [9.17, 15) is 9.59 Å². The standard InChI is InChI=1S/C23H30N4O2/c1-2-21(28)27-11-5-9-20(17-27)23(29)26-14-12-25(13-15-26)16-19-7-3-6-18-8-4-10-24-22(18)19/h3-4,6-8,10,20H,2,5,9,11-17H2,1H3. The minimum Gasteiger partial charge on any atom is -0.342 e. The third-order valence-corrected chi connectivity index (χ3v) is 6.22. The number of carbonyl (C=O) groups excluding carboxylic acids is 2. The average Bonchev–Trinajstić information content (AvgIpc) is 2.79. The Morgan fingerprint density at radius 3 is 2.62 bits per heavy atom. The maximum atomic E-state index is 13.0. The molecule has 1 unspecified atom stereocenters. The normalized spacial score (nSPS) is 20.8. The summed E-state index contributed by atoms with van der Waals surface area (Å²) in [6.45, 7) is 7.40. The smallest absolute Gasteiger partial charge is 0.227 e. The molecule has 3 heterocycles. The molecule has 0 aliphatic carbocycles. The zero-order valence-corrected chi connectivity index (χ0v) is 17.2. The van der Waals surface area contributed by atoms with Crippen LogP contribution in [0.25, 0.3) is 10.9 Å². The van der Waals surface area contributed by atoms with Crippen molar-refractivity contribution in [3.8, 4) is 0 Å². The molecule has 2 fully saturated rings. The van der Waals surface area contributed by atoms with Crippen LogP contribution in [0.4, 0.5) is 0 Å². The molecule has 6 nitrogen and oxygen atoms in total. The van der Waals surface area contributed by atoms with Gasteiger partial charge < -0.3 is 9.80 Å². The molecule has 0 N–H and O–H groups in total. The highest BCUT2D eigenvalue weighted by molar-refractivity contribution is 5.82. The summed E-state index contributed by atoms with van der Waals surface area (Å²) in [6, 6.07) is 10.4. The molecule has 6 heteroatoms. The van der Waals surface area contributed by atoms with Crippen LogP contribution in [0.1, 0.15) is 31.7 Å². The van der Waals surface area contributed by atoms with Gasteiger partial charge in [0.05, 0.1) is 11.4 Å². The van der Waals surface area contributed by atoms with Crippen molar-refractivity contribution in [1.29, 1.82) is 0 Å². The third kappa shape index (κ3) is 4.42. The summed E-state index contributed by atoms with van der Waals surface area (Å²) >= 11 is 0. The molecule has 0 radical (unpaired) electrons. The number of carbonyl (C=O) groups is 2. The second-order valence-corrected chi connectivity index (χ2v) is 8.13. The fourth-order valence-corrected chi connectivity index (χ4v) is 4.55. The first-order chi connectivity index (χ1) is 14.2. The van der Waals surface area contributed by atoms with Gasteiger partial charge >= 0.3 is 0 Å². The Hall–Kier alpha value is -2.47. The number of piperidine rings is 1. The molecule has 2 aliphatic rings. The fourth-order valence-electron chi connectivity index (χ4n) is 4.55. The third-order valence-electron chi connectivity index (χ3n) is 6.22. The molecular formula is C23H30N4O2. The van der Waals surface area contributed by atoms with Crippen LogP contribution >= 0.6 is 0 Å². The number of pyridine rings is 1. The van der Waals surface area contributed by atoms with Crippen molar-refractivity contribution in [3.05, 3.63) is 42.1 Å². The molecule has 1 atom stereocenters. The highest BCUT2D eigenvalue weighted by atomic mass is 16.2. The molecule has 1 aromatic heterocycles. The van der Waals surface area contributed by atoms with Gasteiger partial charge in [0.2, 0.25) is 11.8 Å². The predicted molar refractivity (Wildman–Crippen MR) is 113 cm³/mol. The first kappa shape index (κ1) is 19.8. The van der Waals surface area contributed by atoms with Crippen LogP contribution in [-0.2, 0) is 16.1 Å². The highest BCUT2D eigenvalue weighted by Crippen LogP contribution is 2.22. The van der Waals surface area contributed by atoms with Crippen molar-refractivity contribution in [2.75, 3.05) is 39.3 Å². The van der Waals surface area contributed by atoms with Crippen LogP contribution in [0.5, 0.6) is 0 Å². The van der Waals surface area contributed by atoms with E-state index in [1.165, 1.54) is 10.9 Å². The number of rotatable bonds is 4. The lowest BCUT2D eigenvalue weighted by molar-refractivity contribution is -0.142. The zero-order valence-electron chi connectivity index (χ0n) is 17.2. The first-order valence-corrected chi connectivity index (χ1v) is 10.8. The second kappa shape index (κ2) is 8.91. The Morgan fingerprint density at radius 2 is 1.83 bits per heavy atom. The van der Waals surface area contributed by atoms with Crippen molar-refractivity contribution in [2.24, 2.45) is 5.92 Å². The van der Waals surface area contributed by atoms with E-state index in [4.69, 9.17) is 0 Å². The van der Waals surface area contributed by atoms with Crippen LogP contribution < -0.4 is 0 Å². The number of benzene rings is 1. The van der Waals surface area contributed by atoms with Gasteiger partial charge in [-0.05, 0) is 24.5 Å². The van der Waals surface area contributed by atoms with Crippen molar-refractivity contribution >= 4 is 22.7 Å². The topological polar surface area (TPSA) is 56.8 Å². The summed E-state index contributed by atoms with van der Waals surface area (Å²) in [5.41, 5.74) is 2.31. The Balaban J connectivity index is 1.33. The Labute approximate surface area is 172 Å². The first-order valence-electron chi connectivity index (χ1n) is 10.8. The van der Waals surface area contributed by atoms with Gasteiger partial charge in [-0.3, -0.25) is 19.5 Å². The Bertz CT molecular complexity index is 871. The molecule has 0 bridgehead atoms. The molecule has 4 rings (SSSR count). The fraction of sp³-hybridized carbons (Fsp3) is 0.522. The van der Waals surface area contributed by atoms with Gasteiger partial charge in [0.1, 0.15) is 0 Å². The molecule has 29 heavy (non-hydrogen) atoms. The van der Waals surface area contributed by atoms with Gasteiger partial charge in [-0.25, -0.2) is 0 Å². The van der Waals surface area contributed by atoms with E-state index in [1.54, 1.807) is 0 Å². The molecule has 2 aromatic rings. The number of hydrogen-bond acceptors (Lipinski definition) is 4. The van der Waals surface area contributed by atoms with E-state index in [1.807, 2.05) is 29.0 Å². The predicted octanol–water partition coefficient (Wildman–Crippen LogP) is 2.53. The monoisotopic (exact) mass is 394 g/mol. The number of hydrogen-bond donors (Lipinski definition) is 0. The van der Waals surface area contributed by atoms with E-state index in [-0.39, 0.29) is 17.7 Å². The van der Waals surface area contributed by atoms with Crippen LogP contribution in [0.15, 0.2) is 36.5 Å². The quantitative estimate of drug-likeness (QED) is 0.800. The molecule has 2 saturated heterocycles. The average molecular weight is 395 g/mol. The van der Waals surface area contributed by atoms with E-state index in [2.05, 4.69) is 34.1 Å². The minimum absolute atomic E-state index is 0.0342. The van der Waals surface area contributed by atoms with Gasteiger partial charge in [-0.15, -0.1) is 0 Å². The number of nitrogens with zero attached hydrogens (tertiary/aromatic N) is 4. The van der Waals surface area contributed by atoms with Gasteiger partial charge in [0.15, 0.2) is 0 Å². The molecule has 0 spiro atoms. The molecule has 2 aliphatic heterocycles. The van der Waals surface area contributed by atoms with Crippen LogP contribution in [-0.4, -0.2) is 70.8 Å². The second-order valence-electron chi connectivity index (χ2n) is 8.13. The summed E-state index contributed by atoms with van der Waals surface area (Å²) in [6.07, 6.45) is 4.19. The maximum absolute atomic E-state index is 13.0. The molecule has 154 valence electrons. The van der Waals surface area contributed by atoms with Crippen molar-refractivity contribution in [3.63, 3.8) is 0 Å². The molecule has 1 aromatic carbocycles. The molecular weight excluding hydrogens is 364 g/mol. The maximum Gasteiger partial charge on any atom is 0.227 e. The summed E-state index contributed by atoms with van der Waals surface area (Å²) in [4.78, 5) is 35.9. The highest BCUT2D eigenvalue weighted by Gasteiger charge is 2.32. The van der Waals surface area contributed by atoms with Gasteiger partial charge in [0.25, 0.3) is 0 Å². The summed E-state index contributed by atoms with van der Waals surface area (Å²) in [5, 5.41) is 1.17. The number of likely N-dealkylation sites (tertiary alicyclic amines) is 1. The zero-order chi connectivity index (χ0) is 20.2. The van der Waals surface area contributed by atoms with Gasteiger partial charge in [0, 0.05) is 63.8 Å². The van der Waals surface area contributed by atoms with Crippen molar-refractivity contribution in [2.45, 2.75) is 32.7 Å². The van der Waals surface area contributed by atoms with Crippen LogP contribution in [0.2, 0.25) is 0 Å². The Morgan fingerprint density at radius 1 is 1.03 bits per heavy atom. The summed E-state index contributed by atoms with van der Waals surface area (Å²) in [5.74, 6) is 0.356.